The van der Waals surface area contributed by atoms with Crippen molar-refractivity contribution >= 4 is 11.8 Å². The van der Waals surface area contributed by atoms with E-state index in [9.17, 15) is 35.1 Å². The maximum atomic E-state index is 13.5. The van der Waals surface area contributed by atoms with Crippen molar-refractivity contribution < 1.29 is 54.1 Å². The molecule has 0 unspecified atom stereocenters. The molecule has 53 heavy (non-hydrogen) atoms. The van der Waals surface area contributed by atoms with Gasteiger partial charge in [-0.3, -0.25) is 14.5 Å². The maximum absolute atomic E-state index is 13.5. The number of hydrogen-bond donors (Lipinski definition) is 5. The Morgan fingerprint density at radius 2 is 1.66 bits per heavy atom. The number of benzene rings is 1. The normalized spacial score (nSPS) is 39.9. The number of ketones is 1. The molecule has 2 aliphatic rings. The van der Waals surface area contributed by atoms with Crippen LogP contribution in [-0.4, -0.2) is 141 Å². The van der Waals surface area contributed by atoms with E-state index in [2.05, 4.69) is 0 Å². The van der Waals surface area contributed by atoms with E-state index >= 15 is 0 Å². The van der Waals surface area contributed by atoms with Gasteiger partial charge in [-0.05, 0) is 98.5 Å². The van der Waals surface area contributed by atoms with E-state index in [4.69, 9.17) is 18.9 Å². The largest absolute Gasteiger partial charge is 0.493 e. The molecular weight excluding hydrogens is 684 g/mol. The highest BCUT2D eigenvalue weighted by Gasteiger charge is 2.50. The van der Waals surface area contributed by atoms with Crippen molar-refractivity contribution in [2.45, 2.75) is 161 Å². The number of aliphatic hydroxyl groups excluding tert-OH is 3. The van der Waals surface area contributed by atoms with Gasteiger partial charge in [-0.1, -0.05) is 32.9 Å². The van der Waals surface area contributed by atoms with E-state index in [1.165, 1.54) is 20.8 Å². The van der Waals surface area contributed by atoms with Crippen LogP contribution >= 0.6 is 0 Å². The van der Waals surface area contributed by atoms with Crippen molar-refractivity contribution in [1.29, 1.82) is 0 Å². The summed E-state index contributed by atoms with van der Waals surface area (Å²) in [5.41, 5.74) is -2.35. The molecule has 0 amide bonds. The molecule has 13 nitrogen and oxygen atoms in total. The Kier molecular flexibility index (Phi) is 16.3. The van der Waals surface area contributed by atoms with Gasteiger partial charge in [0.25, 0.3) is 0 Å². The average molecular weight is 753 g/mol. The lowest BCUT2D eigenvalue weighted by molar-refractivity contribution is -0.300. The first-order valence-electron chi connectivity index (χ1n) is 19.2. The van der Waals surface area contributed by atoms with Crippen LogP contribution in [-0.2, 0) is 30.3 Å². The first-order valence-corrected chi connectivity index (χ1v) is 19.2. The molecule has 14 atom stereocenters. The molecule has 0 spiro atoms. The van der Waals surface area contributed by atoms with E-state index in [-0.39, 0.29) is 36.7 Å². The van der Waals surface area contributed by atoms with E-state index in [0.29, 0.717) is 38.3 Å². The van der Waals surface area contributed by atoms with Gasteiger partial charge >= 0.3 is 5.97 Å². The number of rotatable bonds is 10. The monoisotopic (exact) mass is 752 g/mol. The number of ether oxygens (including phenoxy) is 4. The summed E-state index contributed by atoms with van der Waals surface area (Å²) in [4.78, 5) is 28.7. The van der Waals surface area contributed by atoms with Gasteiger partial charge in [-0.15, -0.1) is 0 Å². The first kappa shape index (κ1) is 45.2. The van der Waals surface area contributed by atoms with Crippen molar-refractivity contribution in [2.24, 2.45) is 17.8 Å². The summed E-state index contributed by atoms with van der Waals surface area (Å²) in [6, 6.07) is 6.67. The minimum atomic E-state index is -1.78. The van der Waals surface area contributed by atoms with Gasteiger partial charge in [0.15, 0.2) is 6.29 Å². The molecule has 0 radical (unpaired) electrons. The van der Waals surface area contributed by atoms with Gasteiger partial charge < -0.3 is 49.4 Å². The molecule has 2 saturated heterocycles. The van der Waals surface area contributed by atoms with Crippen LogP contribution < -0.4 is 4.74 Å². The molecule has 2 fully saturated rings. The third-order valence-corrected chi connectivity index (χ3v) is 11.4. The highest BCUT2D eigenvalue weighted by molar-refractivity contribution is 5.75. The zero-order valence-electron chi connectivity index (χ0n) is 33.8. The number of carbonyl (C=O) groups excluding carboxylic acids is 2. The summed E-state index contributed by atoms with van der Waals surface area (Å²) in [6.45, 7) is 16.5. The van der Waals surface area contributed by atoms with Crippen LogP contribution in [0.2, 0.25) is 0 Å². The summed E-state index contributed by atoms with van der Waals surface area (Å²) < 4.78 is 24.2. The number of aliphatic hydroxyl groups is 5. The Hall–Kier alpha value is -2.20. The molecule has 0 bridgehead atoms. The van der Waals surface area contributed by atoms with Crippen LogP contribution in [0.1, 0.15) is 93.6 Å². The number of esters is 1. The van der Waals surface area contributed by atoms with Crippen molar-refractivity contribution in [1.82, 2.24) is 9.80 Å². The van der Waals surface area contributed by atoms with Crippen molar-refractivity contribution in [3.8, 4) is 5.75 Å². The van der Waals surface area contributed by atoms with Gasteiger partial charge in [0, 0.05) is 37.5 Å². The lowest BCUT2D eigenvalue weighted by Crippen LogP contribution is -2.59. The minimum Gasteiger partial charge on any atom is -0.493 e. The van der Waals surface area contributed by atoms with Crippen LogP contribution in [0.15, 0.2) is 24.3 Å². The molecule has 304 valence electrons. The van der Waals surface area contributed by atoms with Gasteiger partial charge in [-0.25, -0.2) is 0 Å². The number of Topliss-reactive ketones (excluding diaryl/α,β-unsaturated/α-hetero) is 1. The first-order chi connectivity index (χ1) is 24.6. The maximum Gasteiger partial charge on any atom is 0.311 e. The fraction of sp³-hybridized carbons (Fsp3) is 0.800. The highest BCUT2D eigenvalue weighted by Crippen LogP contribution is 2.37. The van der Waals surface area contributed by atoms with Crippen molar-refractivity contribution in [3.63, 3.8) is 0 Å². The quantitative estimate of drug-likeness (QED) is 0.221. The Labute approximate surface area is 316 Å². The molecule has 1 aromatic rings. The minimum absolute atomic E-state index is 0.0653. The van der Waals surface area contributed by atoms with Gasteiger partial charge in [-0.2, -0.15) is 0 Å². The second-order valence-electron chi connectivity index (χ2n) is 16.5. The highest BCUT2D eigenvalue weighted by atomic mass is 16.7. The topological polar surface area (TPSA) is 179 Å². The average Bonchev–Trinajstić information content (AvgIpc) is 3.08. The van der Waals surface area contributed by atoms with Crippen LogP contribution in [0.4, 0.5) is 0 Å². The molecule has 2 aliphatic heterocycles. The Bertz CT molecular complexity index is 1310. The summed E-state index contributed by atoms with van der Waals surface area (Å²) in [7, 11) is 3.74. The lowest BCUT2D eigenvalue weighted by atomic mass is 9.78. The van der Waals surface area contributed by atoms with Crippen molar-refractivity contribution in [2.75, 3.05) is 27.2 Å². The zero-order chi connectivity index (χ0) is 40.0. The molecule has 5 N–H and O–H groups in total. The van der Waals surface area contributed by atoms with Crippen LogP contribution in [0.3, 0.4) is 0 Å². The van der Waals surface area contributed by atoms with Crippen LogP contribution in [0.5, 0.6) is 5.75 Å². The summed E-state index contributed by atoms with van der Waals surface area (Å²) in [5, 5.41) is 58.4. The van der Waals surface area contributed by atoms with Crippen LogP contribution in [0.25, 0.3) is 0 Å². The summed E-state index contributed by atoms with van der Waals surface area (Å²) in [5.74, 6) is -2.10. The number of likely N-dealkylation sites (N-methyl/N-ethyl adjacent to an activating group) is 2. The predicted octanol–water partition coefficient (Wildman–Crippen LogP) is 2.90. The van der Waals surface area contributed by atoms with Gasteiger partial charge in [0.1, 0.15) is 35.4 Å². The third-order valence-electron chi connectivity index (χ3n) is 11.4. The Morgan fingerprint density at radius 1 is 1.04 bits per heavy atom. The molecule has 2 heterocycles. The standard InChI is InChI=1S/C40H68N2O11/c1-12-32-40(9,49)35(46)28(7)41(10)21-23(2)20-39(8,48)36(26(5)33(44)27(6)37(47)52-32)53-38-34(45)31(19-25(4)51-38)42(11)22-29-13-15-30(16-14-29)50-18-17-24(3)43/h13-16,23,25-28,31-36,38,44-46,48-49H,12,17-22H2,1-11H3/t23-,25-,26+,27-,28-,31+,32-,33+,34-,35-,36-,38+,39-,40-/m1/s1. The predicted molar refractivity (Wildman–Crippen MR) is 200 cm³/mol. The van der Waals surface area contributed by atoms with E-state index < -0.39 is 71.9 Å². The van der Waals surface area contributed by atoms with Crippen molar-refractivity contribution in [3.05, 3.63) is 29.8 Å². The molecule has 0 aliphatic carbocycles. The second-order valence-corrected chi connectivity index (χ2v) is 16.5. The number of hydrogen-bond acceptors (Lipinski definition) is 13. The molecule has 1 aromatic carbocycles. The Balaban J connectivity index is 1.88. The Morgan fingerprint density at radius 3 is 2.25 bits per heavy atom. The molecular formula is C40H68N2O11. The lowest BCUT2D eigenvalue weighted by Gasteiger charge is -2.47. The molecule has 0 saturated carbocycles. The number of nitrogens with zero attached hydrogens (tertiary/aromatic N) is 2. The van der Waals surface area contributed by atoms with Gasteiger partial charge in [0.05, 0.1) is 36.4 Å². The van der Waals surface area contributed by atoms with Gasteiger partial charge in [0.2, 0.25) is 0 Å². The second kappa shape index (κ2) is 19.1. The molecule has 3 rings (SSSR count). The summed E-state index contributed by atoms with van der Waals surface area (Å²) >= 11 is 0. The fourth-order valence-electron chi connectivity index (χ4n) is 8.07. The van der Waals surface area contributed by atoms with E-state index in [1.807, 2.05) is 62.0 Å². The third kappa shape index (κ3) is 11.7. The van der Waals surface area contributed by atoms with Crippen LogP contribution in [0, 0.1) is 17.8 Å². The smallest absolute Gasteiger partial charge is 0.311 e. The molecule has 13 heteroatoms. The van der Waals surface area contributed by atoms with E-state index in [0.717, 1.165) is 5.56 Å². The summed E-state index contributed by atoms with van der Waals surface area (Å²) in [6.07, 6.45) is -6.05. The number of cyclic esters (lactones) is 1. The zero-order valence-corrected chi connectivity index (χ0v) is 33.8. The molecule has 0 aromatic heterocycles. The fourth-order valence-corrected chi connectivity index (χ4v) is 8.07. The SMILES string of the molecule is CC[C@H]1OC(=O)[C@H](C)[C@@H](O)[C@H](C)[C@@H](O[C@@H]2O[C@H](C)C[C@H](N(C)Cc3ccc(OCCC(C)=O)cc3)[C@H]2O)[C@](C)(O)C[C@@H](C)CN(C)[C@H](C)[C@@H](O)[C@]1(C)O. The number of carbonyl (C=O) groups is 2. The van der Waals surface area contributed by atoms with E-state index in [1.54, 1.807) is 27.7 Å².